The van der Waals surface area contributed by atoms with E-state index < -0.39 is 0 Å². The van der Waals surface area contributed by atoms with Crippen molar-refractivity contribution in [3.05, 3.63) is 23.8 Å². The largest absolute Gasteiger partial charge is 0.454 e. The third-order valence-corrected chi connectivity index (χ3v) is 4.12. The molecule has 1 saturated heterocycles. The van der Waals surface area contributed by atoms with E-state index in [9.17, 15) is 0 Å². The third-order valence-electron chi connectivity index (χ3n) is 4.12. The number of fused-ring (bicyclic) bond motifs is 1. The summed E-state index contributed by atoms with van der Waals surface area (Å²) in [5.74, 6) is 1.59. The van der Waals surface area contributed by atoms with Gasteiger partial charge in [-0.15, -0.1) is 0 Å². The Labute approximate surface area is 126 Å². The minimum Gasteiger partial charge on any atom is -0.454 e. The van der Waals surface area contributed by atoms with Crippen LogP contribution >= 0.6 is 0 Å². The van der Waals surface area contributed by atoms with E-state index in [0.717, 1.165) is 43.2 Å². The number of ether oxygens (including phenoxy) is 3. The standard InChI is InChI=1S/C16H24N2O3/c1-18(9-13-4-2-3-7-19-13)10-14(17)12-5-6-15-16(8-12)21-11-20-15/h5-6,8,13-14H,2-4,7,9-11,17H2,1H3. The van der Waals surface area contributed by atoms with E-state index >= 15 is 0 Å². The van der Waals surface area contributed by atoms with Crippen molar-refractivity contribution in [1.82, 2.24) is 4.90 Å². The van der Waals surface area contributed by atoms with Gasteiger partial charge in [0.05, 0.1) is 6.10 Å². The fourth-order valence-corrected chi connectivity index (χ4v) is 2.96. The molecule has 0 spiro atoms. The molecule has 2 aliphatic heterocycles. The highest BCUT2D eigenvalue weighted by atomic mass is 16.7. The van der Waals surface area contributed by atoms with Crippen molar-refractivity contribution >= 4 is 0 Å². The van der Waals surface area contributed by atoms with Crippen molar-refractivity contribution in [1.29, 1.82) is 0 Å². The monoisotopic (exact) mass is 292 g/mol. The smallest absolute Gasteiger partial charge is 0.231 e. The SMILES string of the molecule is CN(CC1CCCCO1)CC(N)c1ccc2c(c1)OCO2. The summed E-state index contributed by atoms with van der Waals surface area (Å²) in [7, 11) is 2.10. The first-order chi connectivity index (χ1) is 10.2. The zero-order valence-corrected chi connectivity index (χ0v) is 12.6. The van der Waals surface area contributed by atoms with Crippen LogP contribution in [-0.2, 0) is 4.74 Å². The first-order valence-corrected chi connectivity index (χ1v) is 7.67. The van der Waals surface area contributed by atoms with Gasteiger partial charge >= 0.3 is 0 Å². The Morgan fingerprint density at radius 1 is 1.29 bits per heavy atom. The van der Waals surface area contributed by atoms with Crippen molar-refractivity contribution in [2.24, 2.45) is 5.73 Å². The van der Waals surface area contributed by atoms with Crippen molar-refractivity contribution < 1.29 is 14.2 Å². The quantitative estimate of drug-likeness (QED) is 0.898. The van der Waals surface area contributed by atoms with Gasteiger partial charge in [-0.1, -0.05) is 6.07 Å². The maximum Gasteiger partial charge on any atom is 0.231 e. The molecule has 116 valence electrons. The van der Waals surface area contributed by atoms with E-state index in [2.05, 4.69) is 11.9 Å². The predicted molar refractivity (Wildman–Crippen MR) is 80.6 cm³/mol. The number of hydrogen-bond acceptors (Lipinski definition) is 5. The Balaban J connectivity index is 1.54. The molecule has 2 heterocycles. The molecule has 1 fully saturated rings. The van der Waals surface area contributed by atoms with Gasteiger partial charge in [0, 0.05) is 25.7 Å². The topological polar surface area (TPSA) is 57.0 Å². The fraction of sp³-hybridized carbons (Fsp3) is 0.625. The summed E-state index contributed by atoms with van der Waals surface area (Å²) in [6.45, 7) is 2.94. The average Bonchev–Trinajstić information content (AvgIpc) is 2.95. The maximum absolute atomic E-state index is 6.32. The van der Waals surface area contributed by atoms with E-state index in [-0.39, 0.29) is 6.04 Å². The lowest BCUT2D eigenvalue weighted by Gasteiger charge is -2.29. The molecule has 2 N–H and O–H groups in total. The van der Waals surface area contributed by atoms with Crippen LogP contribution < -0.4 is 15.2 Å². The molecule has 1 aromatic carbocycles. The van der Waals surface area contributed by atoms with E-state index in [4.69, 9.17) is 19.9 Å². The molecule has 0 aliphatic carbocycles. The zero-order valence-electron chi connectivity index (χ0n) is 12.6. The summed E-state index contributed by atoms with van der Waals surface area (Å²) in [5.41, 5.74) is 7.40. The van der Waals surface area contributed by atoms with E-state index in [1.165, 1.54) is 12.8 Å². The van der Waals surface area contributed by atoms with Crippen molar-refractivity contribution in [3.63, 3.8) is 0 Å². The summed E-state index contributed by atoms with van der Waals surface area (Å²) in [6, 6.07) is 5.90. The Morgan fingerprint density at radius 2 is 2.14 bits per heavy atom. The number of likely N-dealkylation sites (N-methyl/N-ethyl adjacent to an activating group) is 1. The second-order valence-corrected chi connectivity index (χ2v) is 5.93. The van der Waals surface area contributed by atoms with Crippen LogP contribution in [0.2, 0.25) is 0 Å². The number of benzene rings is 1. The number of nitrogens with two attached hydrogens (primary N) is 1. The molecule has 2 unspecified atom stereocenters. The summed E-state index contributed by atoms with van der Waals surface area (Å²) in [6.07, 6.45) is 3.97. The second-order valence-electron chi connectivity index (χ2n) is 5.93. The Morgan fingerprint density at radius 3 is 2.95 bits per heavy atom. The highest BCUT2D eigenvalue weighted by Crippen LogP contribution is 2.33. The van der Waals surface area contributed by atoms with E-state index in [1.54, 1.807) is 0 Å². The van der Waals surface area contributed by atoms with Crippen LogP contribution in [0.5, 0.6) is 11.5 Å². The molecule has 5 heteroatoms. The minimum atomic E-state index is -0.0342. The predicted octanol–water partition coefficient (Wildman–Crippen LogP) is 1.92. The first-order valence-electron chi connectivity index (χ1n) is 7.67. The van der Waals surface area contributed by atoms with Gasteiger partial charge in [-0.25, -0.2) is 0 Å². The van der Waals surface area contributed by atoms with Gasteiger partial charge in [-0.2, -0.15) is 0 Å². The summed E-state index contributed by atoms with van der Waals surface area (Å²) < 4.78 is 16.5. The van der Waals surface area contributed by atoms with Gasteiger partial charge in [-0.3, -0.25) is 0 Å². The summed E-state index contributed by atoms with van der Waals surface area (Å²) in [5, 5.41) is 0. The van der Waals surface area contributed by atoms with Gasteiger partial charge in [0.25, 0.3) is 0 Å². The number of nitrogens with zero attached hydrogens (tertiary/aromatic N) is 1. The molecular formula is C16H24N2O3. The number of rotatable bonds is 5. The highest BCUT2D eigenvalue weighted by Gasteiger charge is 2.19. The molecule has 0 saturated carbocycles. The van der Waals surface area contributed by atoms with Gasteiger partial charge in [0.2, 0.25) is 6.79 Å². The normalized spacial score (nSPS) is 22.5. The van der Waals surface area contributed by atoms with Crippen LogP contribution in [0.1, 0.15) is 30.9 Å². The van der Waals surface area contributed by atoms with Crippen molar-refractivity contribution in [2.45, 2.75) is 31.4 Å². The molecule has 0 aromatic heterocycles. The Hall–Kier alpha value is -1.30. The highest BCUT2D eigenvalue weighted by molar-refractivity contribution is 5.45. The minimum absolute atomic E-state index is 0.0342. The molecule has 0 bridgehead atoms. The van der Waals surface area contributed by atoms with Gasteiger partial charge in [-0.05, 0) is 44.0 Å². The van der Waals surface area contributed by atoms with Crippen LogP contribution in [-0.4, -0.2) is 44.5 Å². The molecular weight excluding hydrogens is 268 g/mol. The van der Waals surface area contributed by atoms with Gasteiger partial charge in [0.1, 0.15) is 0 Å². The van der Waals surface area contributed by atoms with Crippen LogP contribution in [0.15, 0.2) is 18.2 Å². The molecule has 2 aliphatic rings. The van der Waals surface area contributed by atoms with Crippen LogP contribution in [0.4, 0.5) is 0 Å². The lowest BCUT2D eigenvalue weighted by atomic mass is 10.1. The molecule has 2 atom stereocenters. The molecule has 1 aromatic rings. The first kappa shape index (κ1) is 14.6. The third kappa shape index (κ3) is 3.67. The molecule has 3 rings (SSSR count). The lowest BCUT2D eigenvalue weighted by molar-refractivity contribution is -0.00214. The van der Waals surface area contributed by atoms with Crippen LogP contribution in [0, 0.1) is 0 Å². The average molecular weight is 292 g/mol. The second kappa shape index (κ2) is 6.64. The lowest BCUT2D eigenvalue weighted by Crippen LogP contribution is -2.37. The maximum atomic E-state index is 6.32. The van der Waals surface area contributed by atoms with Crippen molar-refractivity contribution in [2.75, 3.05) is 33.5 Å². The summed E-state index contributed by atoms with van der Waals surface area (Å²) in [4.78, 5) is 2.26. The molecule has 0 amide bonds. The van der Waals surface area contributed by atoms with Crippen molar-refractivity contribution in [3.8, 4) is 11.5 Å². The van der Waals surface area contributed by atoms with Gasteiger partial charge < -0.3 is 24.8 Å². The van der Waals surface area contributed by atoms with Crippen LogP contribution in [0.3, 0.4) is 0 Å². The van der Waals surface area contributed by atoms with E-state index in [0.29, 0.717) is 12.9 Å². The van der Waals surface area contributed by atoms with E-state index in [1.807, 2.05) is 18.2 Å². The Bertz CT molecular complexity index is 475. The molecule has 0 radical (unpaired) electrons. The molecule has 5 nitrogen and oxygen atoms in total. The Kier molecular flexibility index (Phi) is 4.63. The fourth-order valence-electron chi connectivity index (χ4n) is 2.96. The molecule has 21 heavy (non-hydrogen) atoms. The van der Waals surface area contributed by atoms with Gasteiger partial charge in [0.15, 0.2) is 11.5 Å². The zero-order chi connectivity index (χ0) is 14.7. The number of hydrogen-bond donors (Lipinski definition) is 1. The van der Waals surface area contributed by atoms with Crippen LogP contribution in [0.25, 0.3) is 0 Å². The summed E-state index contributed by atoms with van der Waals surface area (Å²) >= 11 is 0.